The minimum atomic E-state index is -0.467. The first-order valence-corrected chi connectivity index (χ1v) is 6.12. The highest BCUT2D eigenvalue weighted by molar-refractivity contribution is 6.34. The smallest absolute Gasteiger partial charge is 0.270 e. The van der Waals surface area contributed by atoms with Gasteiger partial charge in [0.1, 0.15) is 11.4 Å². The summed E-state index contributed by atoms with van der Waals surface area (Å²) in [6.07, 6.45) is 6.93. The van der Waals surface area contributed by atoms with E-state index in [9.17, 15) is 4.79 Å². The average Bonchev–Trinajstić information content (AvgIpc) is 2.79. The molecule has 1 fully saturated rings. The van der Waals surface area contributed by atoms with Gasteiger partial charge in [0.15, 0.2) is 0 Å². The van der Waals surface area contributed by atoms with Crippen molar-refractivity contribution in [3.63, 3.8) is 0 Å². The Kier molecular flexibility index (Phi) is 3.01. The Morgan fingerprint density at radius 1 is 1.47 bits per heavy atom. The molecule has 15 heavy (non-hydrogen) atoms. The third-order valence-electron chi connectivity index (χ3n) is 3.33. The van der Waals surface area contributed by atoms with Gasteiger partial charge in [0.2, 0.25) is 0 Å². The number of aliphatic imine (C=N–C) groups is 1. The van der Waals surface area contributed by atoms with E-state index in [0.29, 0.717) is 0 Å². The van der Waals surface area contributed by atoms with E-state index in [1.54, 1.807) is 0 Å². The first kappa shape index (κ1) is 10.9. The second-order valence-corrected chi connectivity index (χ2v) is 4.79. The van der Waals surface area contributed by atoms with Crippen molar-refractivity contribution in [3.05, 3.63) is 0 Å². The lowest BCUT2D eigenvalue weighted by Crippen LogP contribution is -2.35. The van der Waals surface area contributed by atoms with Crippen molar-refractivity contribution in [2.45, 2.75) is 57.4 Å². The Morgan fingerprint density at radius 2 is 2.13 bits per heavy atom. The molecule has 0 bridgehead atoms. The van der Waals surface area contributed by atoms with Crippen LogP contribution < -0.4 is 0 Å². The summed E-state index contributed by atoms with van der Waals surface area (Å²) < 4.78 is 1.26. The number of amidine groups is 1. The summed E-state index contributed by atoms with van der Waals surface area (Å²) in [4.78, 5) is 16.6. The summed E-state index contributed by atoms with van der Waals surface area (Å²) in [6, 6.07) is 0. The maximum Gasteiger partial charge on any atom is 0.270 e. The topological polar surface area (TPSA) is 32.7 Å². The summed E-state index contributed by atoms with van der Waals surface area (Å²) in [5.74, 6) is 0.790. The molecule has 84 valence electrons. The highest BCUT2D eigenvalue weighted by atomic mass is 35.5. The van der Waals surface area contributed by atoms with Gasteiger partial charge in [-0.2, -0.15) is 0 Å². The molecule has 1 aliphatic carbocycles. The molecule has 1 aliphatic heterocycles. The normalized spacial score (nSPS) is 24.0. The fraction of sp³-hybridized carbons (Fsp3) is 0.818. The molecule has 0 aromatic carbocycles. The van der Waals surface area contributed by atoms with Crippen LogP contribution in [0.15, 0.2) is 4.99 Å². The largest absolute Gasteiger partial charge is 0.270 e. The highest BCUT2D eigenvalue weighted by Gasteiger charge is 2.49. The summed E-state index contributed by atoms with van der Waals surface area (Å²) >= 11 is 5.99. The first-order valence-electron chi connectivity index (χ1n) is 5.79. The molecule has 1 heterocycles. The maximum atomic E-state index is 12.0. The van der Waals surface area contributed by atoms with E-state index in [-0.39, 0.29) is 5.91 Å². The Labute approximate surface area is 95.6 Å². The van der Waals surface area contributed by atoms with E-state index in [1.807, 2.05) is 0 Å². The summed E-state index contributed by atoms with van der Waals surface area (Å²) in [7, 11) is 0. The lowest BCUT2D eigenvalue weighted by molar-refractivity contribution is -0.127. The predicted octanol–water partition coefficient (Wildman–Crippen LogP) is 2.88. The Hall–Kier alpha value is -0.570. The van der Waals surface area contributed by atoms with Crippen LogP contribution in [0.1, 0.15) is 51.9 Å². The summed E-state index contributed by atoms with van der Waals surface area (Å²) in [5.41, 5.74) is -0.467. The SMILES string of the molecule is CCCCC1=NC2(CCCC2)C(=O)N1Cl. The van der Waals surface area contributed by atoms with Crippen molar-refractivity contribution in [1.82, 2.24) is 4.42 Å². The molecule has 4 heteroatoms. The third kappa shape index (κ3) is 1.78. The molecule has 2 rings (SSSR count). The first-order chi connectivity index (χ1) is 7.19. The number of unbranched alkanes of at least 4 members (excludes halogenated alkanes) is 1. The van der Waals surface area contributed by atoms with Crippen LogP contribution in [-0.2, 0) is 4.79 Å². The number of halogens is 1. The van der Waals surface area contributed by atoms with Crippen molar-refractivity contribution in [3.8, 4) is 0 Å². The molecule has 1 spiro atoms. The van der Waals surface area contributed by atoms with Crippen molar-refractivity contribution in [1.29, 1.82) is 0 Å². The van der Waals surface area contributed by atoms with E-state index in [2.05, 4.69) is 11.9 Å². The zero-order chi connectivity index (χ0) is 10.9. The molecule has 0 saturated heterocycles. The van der Waals surface area contributed by atoms with Gasteiger partial charge in [-0.25, -0.2) is 4.42 Å². The lowest BCUT2D eigenvalue weighted by atomic mass is 9.99. The number of carbonyl (C=O) groups excluding carboxylic acids is 1. The monoisotopic (exact) mass is 228 g/mol. The average molecular weight is 229 g/mol. The molecule has 0 radical (unpaired) electrons. The van der Waals surface area contributed by atoms with Crippen molar-refractivity contribution >= 4 is 23.5 Å². The van der Waals surface area contributed by atoms with E-state index in [0.717, 1.165) is 50.8 Å². The second-order valence-electron chi connectivity index (χ2n) is 4.46. The maximum absolute atomic E-state index is 12.0. The Morgan fingerprint density at radius 3 is 2.73 bits per heavy atom. The van der Waals surface area contributed by atoms with Gasteiger partial charge in [0, 0.05) is 18.2 Å². The van der Waals surface area contributed by atoms with E-state index in [1.165, 1.54) is 4.42 Å². The molecule has 0 N–H and O–H groups in total. The number of hydrogen-bond acceptors (Lipinski definition) is 2. The van der Waals surface area contributed by atoms with Crippen LogP contribution in [0.5, 0.6) is 0 Å². The third-order valence-corrected chi connectivity index (χ3v) is 3.68. The zero-order valence-corrected chi connectivity index (χ0v) is 9.89. The van der Waals surface area contributed by atoms with Gasteiger partial charge in [0.25, 0.3) is 5.91 Å². The van der Waals surface area contributed by atoms with Crippen LogP contribution in [0.4, 0.5) is 0 Å². The molecule has 1 saturated carbocycles. The van der Waals surface area contributed by atoms with Crippen molar-refractivity contribution in [2.75, 3.05) is 0 Å². The molecule has 2 aliphatic rings. The van der Waals surface area contributed by atoms with Gasteiger partial charge in [-0.3, -0.25) is 9.79 Å². The fourth-order valence-corrected chi connectivity index (χ4v) is 2.69. The van der Waals surface area contributed by atoms with Gasteiger partial charge in [0.05, 0.1) is 0 Å². The van der Waals surface area contributed by atoms with Crippen LogP contribution in [0.3, 0.4) is 0 Å². The van der Waals surface area contributed by atoms with Gasteiger partial charge in [-0.1, -0.05) is 26.2 Å². The second kappa shape index (κ2) is 4.12. The van der Waals surface area contributed by atoms with Gasteiger partial charge in [-0.15, -0.1) is 0 Å². The molecule has 3 nitrogen and oxygen atoms in total. The van der Waals surface area contributed by atoms with Crippen LogP contribution in [0.25, 0.3) is 0 Å². The number of amides is 1. The lowest BCUT2D eigenvalue weighted by Gasteiger charge is -2.16. The number of carbonyl (C=O) groups is 1. The van der Waals surface area contributed by atoms with Gasteiger partial charge >= 0.3 is 0 Å². The number of nitrogens with zero attached hydrogens (tertiary/aromatic N) is 2. The van der Waals surface area contributed by atoms with Crippen molar-refractivity contribution in [2.24, 2.45) is 4.99 Å². The number of rotatable bonds is 3. The minimum absolute atomic E-state index is 0.00719. The van der Waals surface area contributed by atoms with Crippen LogP contribution in [-0.4, -0.2) is 21.7 Å². The Balaban J connectivity index is 2.14. The molecule has 1 amide bonds. The molecular formula is C11H17ClN2O. The predicted molar refractivity (Wildman–Crippen MR) is 60.9 cm³/mol. The van der Waals surface area contributed by atoms with Crippen LogP contribution >= 0.6 is 11.8 Å². The fourth-order valence-electron chi connectivity index (χ4n) is 2.41. The van der Waals surface area contributed by atoms with Crippen LogP contribution in [0.2, 0.25) is 0 Å². The Bertz CT molecular complexity index is 295. The van der Waals surface area contributed by atoms with Gasteiger partial charge < -0.3 is 0 Å². The van der Waals surface area contributed by atoms with E-state index < -0.39 is 5.54 Å². The number of hydrogen-bond donors (Lipinski definition) is 0. The van der Waals surface area contributed by atoms with Gasteiger partial charge in [-0.05, 0) is 19.3 Å². The summed E-state index contributed by atoms with van der Waals surface area (Å²) in [5, 5.41) is 0. The molecule has 0 aromatic rings. The quantitative estimate of drug-likeness (QED) is 0.684. The summed E-state index contributed by atoms with van der Waals surface area (Å²) in [6.45, 7) is 2.13. The zero-order valence-electron chi connectivity index (χ0n) is 9.13. The van der Waals surface area contributed by atoms with Crippen LogP contribution in [0, 0.1) is 0 Å². The highest BCUT2D eigenvalue weighted by Crippen LogP contribution is 2.40. The van der Waals surface area contributed by atoms with Crippen molar-refractivity contribution < 1.29 is 4.79 Å². The van der Waals surface area contributed by atoms with E-state index >= 15 is 0 Å². The molecule has 0 aromatic heterocycles. The van der Waals surface area contributed by atoms with E-state index in [4.69, 9.17) is 11.8 Å². The molecular weight excluding hydrogens is 212 g/mol. The molecule has 0 unspecified atom stereocenters. The molecule has 0 atom stereocenters. The minimum Gasteiger partial charge on any atom is -0.270 e. The standard InChI is InChI=1S/C11H17ClN2O/c1-2-3-6-9-13-11(7-4-5-8-11)10(15)14(9)12/h2-8H2,1H3.